The lowest BCUT2D eigenvalue weighted by atomic mass is 10.1. The van der Waals surface area contributed by atoms with E-state index in [4.69, 9.17) is 4.99 Å². The van der Waals surface area contributed by atoms with Crippen LogP contribution in [0.2, 0.25) is 0 Å². The fourth-order valence-electron chi connectivity index (χ4n) is 4.67. The molecule has 1 aromatic heterocycles. The monoisotopic (exact) mass is 513 g/mol. The first kappa shape index (κ1) is 25.2. The van der Waals surface area contributed by atoms with E-state index >= 15 is 0 Å². The van der Waals surface area contributed by atoms with Crippen molar-refractivity contribution >= 4 is 17.6 Å². The predicted molar refractivity (Wildman–Crippen MR) is 132 cm³/mol. The Kier molecular flexibility index (Phi) is 6.92. The van der Waals surface area contributed by atoms with E-state index in [1.54, 1.807) is 12.3 Å². The highest BCUT2D eigenvalue weighted by Crippen LogP contribution is 2.41. The van der Waals surface area contributed by atoms with Crippen LogP contribution in [0, 0.1) is 5.92 Å². The van der Waals surface area contributed by atoms with Crippen molar-refractivity contribution < 1.29 is 22.8 Å². The number of piperazine rings is 1. The zero-order valence-electron chi connectivity index (χ0n) is 20.5. The molecule has 0 atom stereocenters. The van der Waals surface area contributed by atoms with Crippen molar-refractivity contribution in [1.82, 2.24) is 20.1 Å². The van der Waals surface area contributed by atoms with Crippen LogP contribution in [0.25, 0.3) is 0 Å². The van der Waals surface area contributed by atoms with Gasteiger partial charge < -0.3 is 15.1 Å². The molecule has 196 valence electrons. The Hall–Kier alpha value is -3.43. The number of aliphatic imine (C=N–C) groups is 1. The molecule has 7 nitrogen and oxygen atoms in total. The third kappa shape index (κ3) is 5.78. The van der Waals surface area contributed by atoms with E-state index in [1.807, 2.05) is 17.0 Å². The molecule has 2 amide bonds. The van der Waals surface area contributed by atoms with Gasteiger partial charge in [0.05, 0.1) is 11.1 Å². The minimum absolute atomic E-state index is 0.0702. The number of halogens is 3. The average molecular weight is 514 g/mol. The maximum atomic E-state index is 13.4. The first-order chi connectivity index (χ1) is 17.8. The van der Waals surface area contributed by atoms with Gasteiger partial charge in [-0.25, -0.2) is 4.99 Å². The average Bonchev–Trinajstić information content (AvgIpc) is 3.84. The number of carbonyl (C=O) groups excluding carboxylic acids is 2. The van der Waals surface area contributed by atoms with Gasteiger partial charge in [0.1, 0.15) is 11.2 Å². The molecule has 3 aliphatic rings. The summed E-state index contributed by atoms with van der Waals surface area (Å²) in [5.74, 6) is 0.597. The molecule has 0 bridgehead atoms. The highest BCUT2D eigenvalue weighted by molar-refractivity contribution is 6.01. The van der Waals surface area contributed by atoms with E-state index in [2.05, 4.69) is 10.3 Å². The number of hydrogen-bond acceptors (Lipinski definition) is 4. The van der Waals surface area contributed by atoms with Crippen molar-refractivity contribution in [3.8, 4) is 0 Å². The van der Waals surface area contributed by atoms with Gasteiger partial charge in [0.15, 0.2) is 5.84 Å². The molecule has 1 N–H and O–H groups in total. The van der Waals surface area contributed by atoms with Crippen molar-refractivity contribution in [2.45, 2.75) is 43.8 Å². The maximum absolute atomic E-state index is 13.4. The highest BCUT2D eigenvalue weighted by Gasteiger charge is 2.51. The molecule has 2 aromatic rings. The number of nitrogens with zero attached hydrogens (tertiary/aromatic N) is 4. The zero-order chi connectivity index (χ0) is 26.0. The third-order valence-corrected chi connectivity index (χ3v) is 7.22. The van der Waals surface area contributed by atoms with Crippen LogP contribution in [0.1, 0.15) is 53.7 Å². The van der Waals surface area contributed by atoms with E-state index < -0.39 is 23.2 Å². The Bertz CT molecular complexity index is 1170. The molecule has 3 fully saturated rings. The van der Waals surface area contributed by atoms with E-state index in [0.29, 0.717) is 44.0 Å². The van der Waals surface area contributed by atoms with Crippen molar-refractivity contribution in [2.75, 3.05) is 32.7 Å². The second kappa shape index (κ2) is 10.1. The molecular formula is C27H30F3N5O2. The number of pyridine rings is 1. The van der Waals surface area contributed by atoms with E-state index in [1.165, 1.54) is 35.9 Å². The molecule has 1 aliphatic heterocycles. The number of alkyl halides is 3. The number of aromatic nitrogens is 1. The largest absolute Gasteiger partial charge is 0.417 e. The number of benzene rings is 1. The van der Waals surface area contributed by atoms with Gasteiger partial charge in [-0.15, -0.1) is 0 Å². The minimum Gasteiger partial charge on any atom is -0.354 e. The molecule has 0 radical (unpaired) electrons. The normalized spacial score (nSPS) is 19.5. The van der Waals surface area contributed by atoms with Crippen LogP contribution < -0.4 is 5.32 Å². The summed E-state index contributed by atoms with van der Waals surface area (Å²) in [7, 11) is 0. The van der Waals surface area contributed by atoms with Gasteiger partial charge in [0.2, 0.25) is 5.91 Å². The summed E-state index contributed by atoms with van der Waals surface area (Å²) in [6, 6.07) is 10.3. The van der Waals surface area contributed by atoms with Gasteiger partial charge in [0.25, 0.3) is 5.91 Å². The lowest BCUT2D eigenvalue weighted by Gasteiger charge is -2.37. The Balaban J connectivity index is 1.31. The Labute approximate surface area is 213 Å². The molecule has 0 spiro atoms. The van der Waals surface area contributed by atoms with E-state index in [0.717, 1.165) is 18.4 Å². The number of nitrogens with one attached hydrogen (secondary N) is 1. The molecule has 1 saturated heterocycles. The molecule has 1 aromatic carbocycles. The van der Waals surface area contributed by atoms with Crippen molar-refractivity contribution in [2.24, 2.45) is 10.9 Å². The van der Waals surface area contributed by atoms with Gasteiger partial charge in [0, 0.05) is 38.9 Å². The van der Waals surface area contributed by atoms with Crippen LogP contribution in [0.5, 0.6) is 0 Å². The number of hydrogen-bond donors (Lipinski definition) is 1. The first-order valence-corrected chi connectivity index (χ1v) is 12.8. The van der Waals surface area contributed by atoms with Crippen LogP contribution >= 0.6 is 0 Å². The fourth-order valence-corrected chi connectivity index (χ4v) is 4.67. The zero-order valence-corrected chi connectivity index (χ0v) is 20.5. The van der Waals surface area contributed by atoms with Crippen molar-refractivity contribution in [3.63, 3.8) is 0 Å². The summed E-state index contributed by atoms with van der Waals surface area (Å²) in [4.78, 5) is 38.8. The van der Waals surface area contributed by atoms with Gasteiger partial charge >= 0.3 is 6.18 Å². The number of amidine groups is 1. The summed E-state index contributed by atoms with van der Waals surface area (Å²) >= 11 is 0. The summed E-state index contributed by atoms with van der Waals surface area (Å²) < 4.78 is 40.3. The molecular weight excluding hydrogens is 483 g/mol. The van der Waals surface area contributed by atoms with Crippen molar-refractivity contribution in [3.05, 3.63) is 65.5 Å². The summed E-state index contributed by atoms with van der Waals surface area (Å²) in [6.07, 6.45) is 1.83. The topological polar surface area (TPSA) is 77.9 Å². The Morgan fingerprint density at radius 2 is 1.68 bits per heavy atom. The second-order valence-corrected chi connectivity index (χ2v) is 9.99. The standard InChI is InChI=1S/C27H30F3N5O2/c28-27(29,30)21-6-2-1-5-20(21)24(36)35-17-15-34(16-18-35)23(22-7-3-4-13-31-22)33-26(11-12-26)25(37)32-14-10-19-8-9-19/h1-7,13,19H,8-12,14-18H2,(H,32,37). The van der Waals surface area contributed by atoms with Gasteiger partial charge in [-0.1, -0.05) is 31.0 Å². The van der Waals surface area contributed by atoms with Crippen LogP contribution in [0.4, 0.5) is 13.2 Å². The van der Waals surface area contributed by atoms with Crippen LogP contribution in [0.15, 0.2) is 53.7 Å². The van der Waals surface area contributed by atoms with E-state index in [9.17, 15) is 22.8 Å². The molecule has 0 unspecified atom stereocenters. The van der Waals surface area contributed by atoms with Crippen LogP contribution in [-0.4, -0.2) is 70.7 Å². The molecule has 5 rings (SSSR count). The van der Waals surface area contributed by atoms with Gasteiger partial charge in [-0.3, -0.25) is 14.6 Å². The van der Waals surface area contributed by atoms with Crippen LogP contribution in [0.3, 0.4) is 0 Å². The molecule has 2 saturated carbocycles. The predicted octanol–water partition coefficient (Wildman–Crippen LogP) is 3.75. The lowest BCUT2D eigenvalue weighted by molar-refractivity contribution is -0.138. The highest BCUT2D eigenvalue weighted by atomic mass is 19.4. The van der Waals surface area contributed by atoms with Crippen LogP contribution in [-0.2, 0) is 11.0 Å². The summed E-state index contributed by atoms with van der Waals surface area (Å²) in [5.41, 5.74) is -1.46. The quantitative estimate of drug-likeness (QED) is 0.452. The minimum atomic E-state index is -4.61. The Morgan fingerprint density at radius 1 is 1.00 bits per heavy atom. The summed E-state index contributed by atoms with van der Waals surface area (Å²) in [5, 5.41) is 3.04. The number of carbonyl (C=O) groups is 2. The van der Waals surface area contributed by atoms with E-state index in [-0.39, 0.29) is 24.6 Å². The molecule has 10 heteroatoms. The van der Waals surface area contributed by atoms with Gasteiger partial charge in [-0.05, 0) is 49.4 Å². The lowest BCUT2D eigenvalue weighted by Crippen LogP contribution is -2.51. The SMILES string of the molecule is O=C(c1ccccc1C(F)(F)F)N1CCN(C(=NC2(C(=O)NCCC3CC3)CC2)c2ccccn2)CC1. The second-order valence-electron chi connectivity index (χ2n) is 9.99. The number of amides is 2. The molecule has 2 aliphatic carbocycles. The van der Waals surface area contributed by atoms with Crippen molar-refractivity contribution in [1.29, 1.82) is 0 Å². The third-order valence-electron chi connectivity index (χ3n) is 7.22. The smallest absolute Gasteiger partial charge is 0.354 e. The first-order valence-electron chi connectivity index (χ1n) is 12.8. The summed E-state index contributed by atoms with van der Waals surface area (Å²) in [6.45, 7) is 1.86. The maximum Gasteiger partial charge on any atom is 0.417 e. The Morgan fingerprint density at radius 3 is 2.30 bits per heavy atom. The number of rotatable bonds is 7. The van der Waals surface area contributed by atoms with Gasteiger partial charge in [-0.2, -0.15) is 13.2 Å². The molecule has 2 heterocycles. The molecule has 37 heavy (non-hydrogen) atoms. The fraction of sp³-hybridized carbons (Fsp3) is 0.481.